The summed E-state index contributed by atoms with van der Waals surface area (Å²) in [6, 6.07) is 0. The van der Waals surface area contributed by atoms with Gasteiger partial charge in [-0.2, -0.15) is 0 Å². The van der Waals surface area contributed by atoms with Gasteiger partial charge in [-0.25, -0.2) is 5.06 Å². The molecule has 3 aliphatic heterocycles. The predicted molar refractivity (Wildman–Crippen MR) is 91.3 cm³/mol. The zero-order valence-electron chi connectivity index (χ0n) is 15.0. The first-order valence-corrected chi connectivity index (χ1v) is 9.59. The van der Waals surface area contributed by atoms with E-state index in [1.54, 1.807) is 0 Å². The molecule has 3 heterocycles. The number of likely N-dealkylation sites (tertiary alicyclic amines) is 1. The van der Waals surface area contributed by atoms with Gasteiger partial charge in [0.1, 0.15) is 0 Å². The summed E-state index contributed by atoms with van der Waals surface area (Å²) >= 11 is 0. The monoisotopic (exact) mass is 348 g/mol. The van der Waals surface area contributed by atoms with E-state index in [9.17, 15) is 9.59 Å². The van der Waals surface area contributed by atoms with Gasteiger partial charge in [-0.1, -0.05) is 19.1 Å². The molecule has 138 valence electrons. The largest absolute Gasteiger partial charge is 0.375 e. The highest BCUT2D eigenvalue weighted by atomic mass is 16.7. The van der Waals surface area contributed by atoms with Crippen LogP contribution in [0, 0.1) is 17.3 Å². The van der Waals surface area contributed by atoms with Crippen LogP contribution in [0.5, 0.6) is 0 Å². The van der Waals surface area contributed by atoms with Gasteiger partial charge in [-0.05, 0) is 32.1 Å². The van der Waals surface area contributed by atoms with Crippen molar-refractivity contribution in [2.24, 2.45) is 17.3 Å². The average molecular weight is 348 g/mol. The van der Waals surface area contributed by atoms with E-state index in [0.29, 0.717) is 32.8 Å². The van der Waals surface area contributed by atoms with Crippen LogP contribution in [0.4, 0.5) is 0 Å². The number of hydrogen-bond donors (Lipinski definition) is 0. The van der Waals surface area contributed by atoms with Gasteiger partial charge in [0.15, 0.2) is 0 Å². The Morgan fingerprint density at radius 1 is 1.20 bits per heavy atom. The summed E-state index contributed by atoms with van der Waals surface area (Å²) in [6.45, 7) is 5.05. The fourth-order valence-corrected chi connectivity index (χ4v) is 4.63. The van der Waals surface area contributed by atoms with Crippen molar-refractivity contribution in [2.45, 2.75) is 45.1 Å². The fourth-order valence-electron chi connectivity index (χ4n) is 4.63. The van der Waals surface area contributed by atoms with Crippen LogP contribution < -0.4 is 0 Å². The lowest BCUT2D eigenvalue weighted by Crippen LogP contribution is -2.44. The summed E-state index contributed by atoms with van der Waals surface area (Å²) in [5.74, 6) is 0.174. The van der Waals surface area contributed by atoms with Gasteiger partial charge in [0.25, 0.3) is 5.91 Å². The lowest BCUT2D eigenvalue weighted by Gasteiger charge is -2.34. The SMILES string of the molecule is CC1(C(=O)N2C[C@@H]3[C@H](C2)OC[C@@H]3C(=O)N2CCCCO2)CC=CCC1. The Morgan fingerprint density at radius 3 is 2.80 bits per heavy atom. The zero-order chi connectivity index (χ0) is 17.4. The van der Waals surface area contributed by atoms with E-state index in [2.05, 4.69) is 19.1 Å². The van der Waals surface area contributed by atoms with Crippen LogP contribution in [0.25, 0.3) is 0 Å². The smallest absolute Gasteiger partial charge is 0.252 e. The van der Waals surface area contributed by atoms with Gasteiger partial charge in [-0.3, -0.25) is 14.4 Å². The Morgan fingerprint density at radius 2 is 2.08 bits per heavy atom. The van der Waals surface area contributed by atoms with Crippen molar-refractivity contribution >= 4 is 11.8 Å². The fraction of sp³-hybridized carbons (Fsp3) is 0.789. The highest BCUT2D eigenvalue weighted by Crippen LogP contribution is 2.40. The molecule has 0 bridgehead atoms. The second kappa shape index (κ2) is 6.72. The van der Waals surface area contributed by atoms with Crippen molar-refractivity contribution in [1.29, 1.82) is 0 Å². The van der Waals surface area contributed by atoms with Crippen molar-refractivity contribution in [3.8, 4) is 0 Å². The molecule has 4 aliphatic rings. The minimum Gasteiger partial charge on any atom is -0.375 e. The third-order valence-corrected chi connectivity index (χ3v) is 6.28. The molecule has 0 saturated carbocycles. The number of allylic oxidation sites excluding steroid dienone is 2. The minimum atomic E-state index is -0.303. The molecule has 0 aromatic carbocycles. The van der Waals surface area contributed by atoms with Gasteiger partial charge in [-0.15, -0.1) is 0 Å². The Balaban J connectivity index is 1.41. The zero-order valence-corrected chi connectivity index (χ0v) is 15.0. The van der Waals surface area contributed by atoms with E-state index in [-0.39, 0.29) is 35.2 Å². The lowest BCUT2D eigenvalue weighted by molar-refractivity contribution is -0.202. The van der Waals surface area contributed by atoms with Gasteiger partial charge in [0.05, 0.1) is 30.7 Å². The summed E-state index contributed by atoms with van der Waals surface area (Å²) < 4.78 is 5.89. The molecule has 0 N–H and O–H groups in total. The van der Waals surface area contributed by atoms with Crippen molar-refractivity contribution in [3.05, 3.63) is 12.2 Å². The number of rotatable bonds is 2. The Labute approximate surface area is 149 Å². The summed E-state index contributed by atoms with van der Waals surface area (Å²) in [4.78, 5) is 33.3. The molecule has 3 saturated heterocycles. The third-order valence-electron chi connectivity index (χ3n) is 6.28. The average Bonchev–Trinajstić information content (AvgIpc) is 3.22. The standard InChI is InChI=1S/C19H28N2O4/c1-19(7-3-2-4-8-19)18(23)20-11-14-15(13-24-16(14)12-20)17(22)21-9-5-6-10-25-21/h2-3,14-16H,4-13H2,1H3/t14-,15-,16-,19?/m0/s1. The summed E-state index contributed by atoms with van der Waals surface area (Å²) in [7, 11) is 0. The Hall–Kier alpha value is -1.40. The maximum atomic E-state index is 13.0. The number of carbonyl (C=O) groups excluding carboxylic acids is 2. The van der Waals surface area contributed by atoms with Crippen LogP contribution in [0.15, 0.2) is 12.2 Å². The highest BCUT2D eigenvalue weighted by Gasteiger charge is 2.51. The van der Waals surface area contributed by atoms with E-state index in [0.717, 1.165) is 32.1 Å². The van der Waals surface area contributed by atoms with Crippen LogP contribution in [-0.2, 0) is 19.2 Å². The van der Waals surface area contributed by atoms with Crippen LogP contribution in [0.2, 0.25) is 0 Å². The number of fused-ring (bicyclic) bond motifs is 1. The molecule has 1 unspecified atom stereocenters. The quantitative estimate of drug-likeness (QED) is 0.714. The Kier molecular flexibility index (Phi) is 4.58. The molecular formula is C19H28N2O4. The minimum absolute atomic E-state index is 0.00887. The number of hydrogen-bond acceptors (Lipinski definition) is 4. The number of ether oxygens (including phenoxy) is 1. The maximum Gasteiger partial charge on any atom is 0.252 e. The van der Waals surface area contributed by atoms with E-state index < -0.39 is 0 Å². The first-order chi connectivity index (χ1) is 12.1. The molecule has 0 spiro atoms. The maximum absolute atomic E-state index is 13.0. The van der Waals surface area contributed by atoms with E-state index in [1.165, 1.54) is 5.06 Å². The predicted octanol–water partition coefficient (Wildman–Crippen LogP) is 1.76. The van der Waals surface area contributed by atoms with Crippen LogP contribution in [0.1, 0.15) is 39.0 Å². The van der Waals surface area contributed by atoms with Gasteiger partial charge >= 0.3 is 0 Å². The van der Waals surface area contributed by atoms with Gasteiger partial charge in [0.2, 0.25) is 5.91 Å². The first kappa shape index (κ1) is 17.0. The van der Waals surface area contributed by atoms with Crippen molar-refractivity contribution in [1.82, 2.24) is 9.96 Å². The molecule has 0 aromatic heterocycles. The first-order valence-electron chi connectivity index (χ1n) is 9.59. The number of nitrogens with zero attached hydrogens (tertiary/aromatic N) is 2. The number of amides is 2. The normalized spacial score (nSPS) is 38.0. The van der Waals surface area contributed by atoms with Crippen LogP contribution >= 0.6 is 0 Å². The second-order valence-electron chi connectivity index (χ2n) is 8.11. The van der Waals surface area contributed by atoms with Crippen LogP contribution in [-0.4, -0.2) is 60.7 Å². The van der Waals surface area contributed by atoms with Crippen molar-refractivity contribution in [2.75, 3.05) is 32.8 Å². The molecule has 4 rings (SSSR count). The van der Waals surface area contributed by atoms with Crippen molar-refractivity contribution < 1.29 is 19.2 Å². The van der Waals surface area contributed by atoms with E-state index >= 15 is 0 Å². The lowest BCUT2D eigenvalue weighted by atomic mass is 9.77. The number of carbonyl (C=O) groups is 2. The summed E-state index contributed by atoms with van der Waals surface area (Å²) in [6.07, 6.45) is 8.94. The van der Waals surface area contributed by atoms with Crippen LogP contribution in [0.3, 0.4) is 0 Å². The van der Waals surface area contributed by atoms with E-state index in [4.69, 9.17) is 9.57 Å². The van der Waals surface area contributed by atoms with E-state index in [1.807, 2.05) is 4.90 Å². The summed E-state index contributed by atoms with van der Waals surface area (Å²) in [5, 5.41) is 1.53. The molecule has 6 heteroatoms. The molecule has 25 heavy (non-hydrogen) atoms. The highest BCUT2D eigenvalue weighted by molar-refractivity contribution is 5.84. The molecule has 0 aromatic rings. The summed E-state index contributed by atoms with van der Waals surface area (Å²) in [5.41, 5.74) is -0.303. The van der Waals surface area contributed by atoms with Crippen molar-refractivity contribution in [3.63, 3.8) is 0 Å². The molecule has 4 atom stereocenters. The second-order valence-corrected chi connectivity index (χ2v) is 8.11. The van der Waals surface area contributed by atoms with Gasteiger partial charge < -0.3 is 9.64 Å². The Bertz CT molecular complexity index is 572. The molecule has 3 fully saturated rings. The molecular weight excluding hydrogens is 320 g/mol. The topological polar surface area (TPSA) is 59.1 Å². The molecule has 1 aliphatic carbocycles. The molecule has 0 radical (unpaired) electrons. The van der Waals surface area contributed by atoms with Gasteiger partial charge in [0, 0.05) is 25.6 Å². The molecule has 6 nitrogen and oxygen atoms in total. The third kappa shape index (κ3) is 3.10. The molecule has 2 amide bonds. The number of hydroxylamine groups is 2.